The van der Waals surface area contributed by atoms with Crippen molar-refractivity contribution in [2.45, 2.75) is 53.9 Å². The van der Waals surface area contributed by atoms with Crippen LogP contribution in [0.2, 0.25) is 0 Å². The Bertz CT molecular complexity index is 158. The first-order valence-corrected chi connectivity index (χ1v) is 6.05. The highest BCUT2D eigenvalue weighted by Gasteiger charge is 2.19. The van der Waals surface area contributed by atoms with Gasteiger partial charge in [0.25, 0.3) is 0 Å². The lowest BCUT2D eigenvalue weighted by atomic mass is 9.88. The predicted octanol–water partition coefficient (Wildman–Crippen LogP) is 3.20. The van der Waals surface area contributed by atoms with Gasteiger partial charge in [-0.05, 0) is 30.2 Å². The van der Waals surface area contributed by atoms with Crippen LogP contribution in [0.5, 0.6) is 0 Å². The first kappa shape index (κ1) is 14.9. The number of rotatable bonds is 7. The highest BCUT2D eigenvalue weighted by atomic mass is 16.5. The Balaban J connectivity index is 3.64. The molecule has 92 valence electrons. The second kappa shape index (κ2) is 6.49. The first-order chi connectivity index (χ1) is 6.77. The maximum atomic E-state index is 5.76. The number of hydrogen-bond acceptors (Lipinski definition) is 2. The monoisotopic (exact) mass is 215 g/mol. The van der Waals surface area contributed by atoms with Crippen molar-refractivity contribution in [3.8, 4) is 0 Å². The molecule has 0 saturated carbocycles. The van der Waals surface area contributed by atoms with Crippen molar-refractivity contribution >= 4 is 0 Å². The fraction of sp³-hybridized carbons (Fsp3) is 1.00. The topological polar surface area (TPSA) is 35.2 Å². The Hall–Kier alpha value is -0.0800. The number of ether oxygens (including phenoxy) is 1. The molecular weight excluding hydrogens is 186 g/mol. The molecule has 0 aliphatic heterocycles. The van der Waals surface area contributed by atoms with Gasteiger partial charge in [-0.2, -0.15) is 0 Å². The Kier molecular flexibility index (Phi) is 6.46. The summed E-state index contributed by atoms with van der Waals surface area (Å²) < 4.78 is 5.76. The van der Waals surface area contributed by atoms with Gasteiger partial charge < -0.3 is 10.5 Å². The number of nitrogens with two attached hydrogens (primary N) is 1. The summed E-state index contributed by atoms with van der Waals surface area (Å²) in [5.41, 5.74) is 6.05. The van der Waals surface area contributed by atoms with E-state index in [9.17, 15) is 0 Å². The second-order valence-electron chi connectivity index (χ2n) is 6.46. The zero-order valence-electron chi connectivity index (χ0n) is 11.2. The van der Waals surface area contributed by atoms with Crippen LogP contribution in [0.25, 0.3) is 0 Å². The molecule has 2 heteroatoms. The van der Waals surface area contributed by atoms with Gasteiger partial charge in [-0.25, -0.2) is 0 Å². The van der Waals surface area contributed by atoms with E-state index in [1.807, 2.05) is 0 Å². The average Bonchev–Trinajstić information content (AvgIpc) is 2.01. The van der Waals surface area contributed by atoms with Gasteiger partial charge in [0.2, 0.25) is 0 Å². The van der Waals surface area contributed by atoms with Crippen LogP contribution in [0, 0.1) is 10.8 Å². The van der Waals surface area contributed by atoms with Crippen molar-refractivity contribution in [1.29, 1.82) is 0 Å². The van der Waals surface area contributed by atoms with E-state index in [1.165, 1.54) is 12.8 Å². The van der Waals surface area contributed by atoms with E-state index < -0.39 is 0 Å². The smallest absolute Gasteiger partial charge is 0.0517 e. The van der Waals surface area contributed by atoms with Crippen LogP contribution in [0.1, 0.15) is 53.9 Å². The van der Waals surface area contributed by atoms with E-state index in [0.29, 0.717) is 5.41 Å². The third-order valence-electron chi connectivity index (χ3n) is 2.34. The molecule has 0 saturated heterocycles. The summed E-state index contributed by atoms with van der Waals surface area (Å²) in [4.78, 5) is 0. The van der Waals surface area contributed by atoms with E-state index in [0.717, 1.165) is 26.2 Å². The van der Waals surface area contributed by atoms with Crippen molar-refractivity contribution in [3.05, 3.63) is 0 Å². The van der Waals surface area contributed by atoms with Gasteiger partial charge >= 0.3 is 0 Å². The molecular formula is C13H29NO. The lowest BCUT2D eigenvalue weighted by Gasteiger charge is -2.27. The molecule has 0 bridgehead atoms. The lowest BCUT2D eigenvalue weighted by Crippen LogP contribution is -2.24. The zero-order valence-corrected chi connectivity index (χ0v) is 11.2. The minimum absolute atomic E-state index is 0.271. The molecule has 2 nitrogen and oxygen atoms in total. The third-order valence-corrected chi connectivity index (χ3v) is 2.34. The Labute approximate surface area is 95.6 Å². The number of unbranched alkanes of at least 4 members (excludes halogenated alkanes) is 1. The molecule has 0 fully saturated rings. The summed E-state index contributed by atoms with van der Waals surface area (Å²) in [6, 6.07) is 0. The Morgan fingerprint density at radius 3 is 2.00 bits per heavy atom. The Morgan fingerprint density at radius 2 is 1.53 bits per heavy atom. The maximum Gasteiger partial charge on any atom is 0.0517 e. The van der Waals surface area contributed by atoms with Crippen LogP contribution >= 0.6 is 0 Å². The first-order valence-electron chi connectivity index (χ1n) is 6.05. The standard InChI is InChI=1S/C13H29NO/c1-12(2,3)10-15-11-13(4,5)8-6-7-9-14/h6-11,14H2,1-5H3. The molecule has 0 amide bonds. The quantitative estimate of drug-likeness (QED) is 0.662. The van der Waals surface area contributed by atoms with Crippen molar-refractivity contribution in [3.63, 3.8) is 0 Å². The summed E-state index contributed by atoms with van der Waals surface area (Å²) in [6.07, 6.45) is 3.54. The van der Waals surface area contributed by atoms with Crippen LogP contribution in [0.15, 0.2) is 0 Å². The van der Waals surface area contributed by atoms with Crippen molar-refractivity contribution in [2.24, 2.45) is 16.6 Å². The molecule has 0 unspecified atom stereocenters. The molecule has 0 aromatic rings. The molecule has 0 aromatic heterocycles. The predicted molar refractivity (Wildman–Crippen MR) is 67.0 cm³/mol. The summed E-state index contributed by atoms with van der Waals surface area (Å²) in [5, 5.41) is 0. The van der Waals surface area contributed by atoms with Crippen molar-refractivity contribution in [1.82, 2.24) is 0 Å². The van der Waals surface area contributed by atoms with E-state index in [4.69, 9.17) is 10.5 Å². The van der Waals surface area contributed by atoms with Gasteiger partial charge in [0, 0.05) is 0 Å². The highest BCUT2D eigenvalue weighted by Crippen LogP contribution is 2.24. The maximum absolute atomic E-state index is 5.76. The molecule has 0 aliphatic carbocycles. The van der Waals surface area contributed by atoms with Crippen LogP contribution in [0.4, 0.5) is 0 Å². The molecule has 0 rings (SSSR count). The third kappa shape index (κ3) is 10.2. The molecule has 0 heterocycles. The van der Waals surface area contributed by atoms with Gasteiger partial charge in [-0.1, -0.05) is 41.0 Å². The molecule has 2 N–H and O–H groups in total. The van der Waals surface area contributed by atoms with E-state index >= 15 is 0 Å². The number of hydrogen-bond donors (Lipinski definition) is 1. The van der Waals surface area contributed by atoms with Crippen molar-refractivity contribution < 1.29 is 4.74 Å². The largest absolute Gasteiger partial charge is 0.380 e. The van der Waals surface area contributed by atoms with Crippen LogP contribution in [-0.2, 0) is 4.74 Å². The average molecular weight is 215 g/mol. The molecule has 0 radical (unpaired) electrons. The van der Waals surface area contributed by atoms with Crippen LogP contribution in [-0.4, -0.2) is 19.8 Å². The summed E-state index contributed by atoms with van der Waals surface area (Å²) in [5.74, 6) is 0. The van der Waals surface area contributed by atoms with Gasteiger partial charge in [-0.15, -0.1) is 0 Å². The lowest BCUT2D eigenvalue weighted by molar-refractivity contribution is 0.0174. The minimum atomic E-state index is 0.271. The molecule has 0 spiro atoms. The van der Waals surface area contributed by atoms with E-state index in [-0.39, 0.29) is 5.41 Å². The van der Waals surface area contributed by atoms with Gasteiger partial charge in [-0.3, -0.25) is 0 Å². The zero-order chi connectivity index (χ0) is 11.9. The van der Waals surface area contributed by atoms with Crippen LogP contribution < -0.4 is 5.73 Å². The van der Waals surface area contributed by atoms with E-state index in [2.05, 4.69) is 34.6 Å². The van der Waals surface area contributed by atoms with Crippen molar-refractivity contribution in [2.75, 3.05) is 19.8 Å². The molecule has 0 aromatic carbocycles. The summed E-state index contributed by atoms with van der Waals surface area (Å²) in [7, 11) is 0. The normalized spacial score (nSPS) is 13.2. The molecule has 15 heavy (non-hydrogen) atoms. The second-order valence-corrected chi connectivity index (χ2v) is 6.46. The fourth-order valence-electron chi connectivity index (χ4n) is 1.45. The molecule has 0 atom stereocenters. The van der Waals surface area contributed by atoms with Gasteiger partial charge in [0.1, 0.15) is 0 Å². The highest BCUT2D eigenvalue weighted by molar-refractivity contribution is 4.69. The summed E-state index contributed by atoms with van der Waals surface area (Å²) in [6.45, 7) is 13.6. The van der Waals surface area contributed by atoms with Gasteiger partial charge in [0.05, 0.1) is 13.2 Å². The Morgan fingerprint density at radius 1 is 0.933 bits per heavy atom. The molecule has 0 aliphatic rings. The minimum Gasteiger partial charge on any atom is -0.380 e. The van der Waals surface area contributed by atoms with E-state index in [1.54, 1.807) is 0 Å². The van der Waals surface area contributed by atoms with Crippen LogP contribution in [0.3, 0.4) is 0 Å². The SMILES string of the molecule is CC(C)(C)COCC(C)(C)CCCCN. The summed E-state index contributed by atoms with van der Waals surface area (Å²) >= 11 is 0. The van der Waals surface area contributed by atoms with Gasteiger partial charge in [0.15, 0.2) is 0 Å². The fourth-order valence-corrected chi connectivity index (χ4v) is 1.45.